The van der Waals surface area contributed by atoms with Gasteiger partial charge in [0, 0.05) is 12.7 Å². The predicted molar refractivity (Wildman–Crippen MR) is 125 cm³/mol. The number of piperidine rings is 1. The number of ether oxygens (including phenoxy) is 1. The van der Waals surface area contributed by atoms with E-state index in [9.17, 15) is 26.3 Å². The number of rotatable bonds is 6. The Morgan fingerprint density at radius 2 is 1.50 bits per heavy atom. The zero-order valence-electron chi connectivity index (χ0n) is 19.1. The Bertz CT molecular complexity index is 1080. The molecule has 1 aliphatic heterocycles. The Morgan fingerprint density at radius 3 is 2.08 bits per heavy atom. The molecule has 36 heavy (non-hydrogen) atoms. The molecule has 1 fully saturated rings. The molecular weight excluding hydrogens is 506 g/mol. The molecule has 0 aliphatic carbocycles. The average molecular weight is 531 g/mol. The van der Waals surface area contributed by atoms with Gasteiger partial charge in [-0.1, -0.05) is 36.4 Å². The number of halogens is 7. The predicted octanol–water partition coefficient (Wildman–Crippen LogP) is 7.46. The molecule has 2 atom stereocenters. The summed E-state index contributed by atoms with van der Waals surface area (Å²) in [5, 5.41) is 0. The van der Waals surface area contributed by atoms with Gasteiger partial charge in [0.05, 0.1) is 35.6 Å². The van der Waals surface area contributed by atoms with Gasteiger partial charge in [-0.2, -0.15) is 26.3 Å². The van der Waals surface area contributed by atoms with Gasteiger partial charge in [0.15, 0.2) is 0 Å². The van der Waals surface area contributed by atoms with Crippen molar-refractivity contribution >= 4 is 12.4 Å². The Hall–Kier alpha value is -2.62. The Balaban J connectivity index is 0.00000361. The van der Waals surface area contributed by atoms with Crippen molar-refractivity contribution in [3.63, 3.8) is 0 Å². The van der Waals surface area contributed by atoms with E-state index in [0.717, 1.165) is 36.4 Å². The van der Waals surface area contributed by atoms with Gasteiger partial charge in [0.2, 0.25) is 0 Å². The van der Waals surface area contributed by atoms with Gasteiger partial charge in [-0.15, -0.1) is 12.4 Å². The molecule has 4 rings (SSSR count). The summed E-state index contributed by atoms with van der Waals surface area (Å²) in [6, 6.07) is 16.5. The largest absolute Gasteiger partial charge is 0.416 e. The van der Waals surface area contributed by atoms with E-state index in [1.807, 2.05) is 48.5 Å². The van der Waals surface area contributed by atoms with Crippen molar-refractivity contribution in [1.29, 1.82) is 0 Å². The van der Waals surface area contributed by atoms with Crippen LogP contribution in [0.15, 0.2) is 72.9 Å². The summed E-state index contributed by atoms with van der Waals surface area (Å²) in [6.07, 6.45) is -7.10. The SMILES string of the molecule is Cl.FC(F)(F)c1cc(CO[C@@H]2CCCN(Cc3ccccn3)[C@@H]2c2ccccc2)cc(C(F)(F)F)c1. The van der Waals surface area contributed by atoms with Crippen LogP contribution in [-0.2, 0) is 30.2 Å². The summed E-state index contributed by atoms with van der Waals surface area (Å²) in [5.74, 6) is 0. The summed E-state index contributed by atoms with van der Waals surface area (Å²) in [4.78, 5) is 6.58. The molecule has 3 nitrogen and oxygen atoms in total. The molecule has 1 aromatic heterocycles. The van der Waals surface area contributed by atoms with Crippen molar-refractivity contribution in [3.8, 4) is 0 Å². The first-order valence-electron chi connectivity index (χ1n) is 11.2. The van der Waals surface area contributed by atoms with Gasteiger partial charge < -0.3 is 4.74 Å². The fourth-order valence-electron chi connectivity index (χ4n) is 4.46. The maximum Gasteiger partial charge on any atom is 0.416 e. The van der Waals surface area contributed by atoms with Gasteiger partial charge in [0.25, 0.3) is 0 Å². The van der Waals surface area contributed by atoms with E-state index in [2.05, 4.69) is 9.88 Å². The molecule has 10 heteroatoms. The first-order chi connectivity index (χ1) is 16.6. The van der Waals surface area contributed by atoms with Crippen LogP contribution < -0.4 is 0 Å². The molecule has 0 saturated carbocycles. The molecule has 0 unspecified atom stereocenters. The summed E-state index contributed by atoms with van der Waals surface area (Å²) >= 11 is 0. The fraction of sp³-hybridized carbons (Fsp3) is 0.346. The summed E-state index contributed by atoms with van der Waals surface area (Å²) in [7, 11) is 0. The number of aromatic nitrogens is 1. The second-order valence-corrected chi connectivity index (χ2v) is 8.55. The van der Waals surface area contributed by atoms with Gasteiger partial charge in [-0.3, -0.25) is 9.88 Å². The lowest BCUT2D eigenvalue weighted by atomic mass is 9.92. The first-order valence-corrected chi connectivity index (χ1v) is 11.2. The van der Waals surface area contributed by atoms with Crippen LogP contribution in [0.1, 0.15) is 46.8 Å². The third-order valence-electron chi connectivity index (χ3n) is 6.02. The normalized spacial score (nSPS) is 19.1. The lowest BCUT2D eigenvalue weighted by Crippen LogP contribution is -2.42. The van der Waals surface area contributed by atoms with E-state index in [0.29, 0.717) is 13.0 Å². The van der Waals surface area contributed by atoms with Crippen LogP contribution in [0.4, 0.5) is 26.3 Å². The molecule has 1 aliphatic rings. The third kappa shape index (κ3) is 6.99. The van der Waals surface area contributed by atoms with Crippen molar-refractivity contribution in [2.75, 3.05) is 6.54 Å². The number of pyridine rings is 1. The highest BCUT2D eigenvalue weighted by Crippen LogP contribution is 2.38. The fourth-order valence-corrected chi connectivity index (χ4v) is 4.46. The van der Waals surface area contributed by atoms with E-state index in [1.165, 1.54) is 0 Å². The number of hydrogen-bond acceptors (Lipinski definition) is 3. The molecule has 0 radical (unpaired) electrons. The van der Waals surface area contributed by atoms with E-state index in [-0.39, 0.29) is 36.7 Å². The van der Waals surface area contributed by atoms with E-state index >= 15 is 0 Å². The van der Waals surface area contributed by atoms with Crippen LogP contribution in [0.5, 0.6) is 0 Å². The minimum Gasteiger partial charge on any atom is -0.372 e. The molecule has 3 aromatic rings. The lowest BCUT2D eigenvalue weighted by Gasteiger charge is -2.41. The Morgan fingerprint density at radius 1 is 0.861 bits per heavy atom. The molecule has 0 spiro atoms. The van der Waals surface area contributed by atoms with Crippen LogP contribution in [0.3, 0.4) is 0 Å². The summed E-state index contributed by atoms with van der Waals surface area (Å²) in [6.45, 7) is 0.943. The molecule has 0 bridgehead atoms. The Labute approximate surface area is 211 Å². The van der Waals surface area contributed by atoms with E-state index in [4.69, 9.17) is 4.74 Å². The van der Waals surface area contributed by atoms with Crippen LogP contribution in [0, 0.1) is 0 Å². The van der Waals surface area contributed by atoms with Crippen LogP contribution in [0.2, 0.25) is 0 Å². The van der Waals surface area contributed by atoms with Gasteiger partial charge in [0.1, 0.15) is 0 Å². The zero-order valence-corrected chi connectivity index (χ0v) is 19.9. The average Bonchev–Trinajstić information content (AvgIpc) is 2.83. The van der Waals surface area contributed by atoms with Crippen molar-refractivity contribution < 1.29 is 31.1 Å². The second kappa shape index (κ2) is 11.6. The maximum absolute atomic E-state index is 13.3. The second-order valence-electron chi connectivity index (χ2n) is 8.55. The molecule has 194 valence electrons. The smallest absolute Gasteiger partial charge is 0.372 e. The molecule has 0 amide bonds. The van der Waals surface area contributed by atoms with E-state index < -0.39 is 29.6 Å². The minimum atomic E-state index is -4.90. The minimum absolute atomic E-state index is 0. The number of nitrogens with zero attached hydrogens (tertiary/aromatic N) is 2. The summed E-state index contributed by atoms with van der Waals surface area (Å²) in [5.41, 5.74) is -1.02. The summed E-state index contributed by atoms with van der Waals surface area (Å²) < 4.78 is 85.6. The molecular formula is C26H25ClF6N2O. The van der Waals surface area contributed by atoms with Gasteiger partial charge >= 0.3 is 12.4 Å². The van der Waals surface area contributed by atoms with Crippen molar-refractivity contribution in [1.82, 2.24) is 9.88 Å². The van der Waals surface area contributed by atoms with Crippen molar-refractivity contribution in [3.05, 3.63) is 101 Å². The molecule has 2 heterocycles. The van der Waals surface area contributed by atoms with Gasteiger partial charge in [-0.25, -0.2) is 0 Å². The van der Waals surface area contributed by atoms with Crippen LogP contribution in [-0.4, -0.2) is 22.5 Å². The molecule has 0 N–H and O–H groups in total. The van der Waals surface area contributed by atoms with Crippen molar-refractivity contribution in [2.24, 2.45) is 0 Å². The lowest BCUT2D eigenvalue weighted by molar-refractivity contribution is -0.143. The highest BCUT2D eigenvalue weighted by Gasteiger charge is 2.38. The molecule has 2 aromatic carbocycles. The highest BCUT2D eigenvalue weighted by molar-refractivity contribution is 5.85. The Kier molecular flexibility index (Phi) is 9.03. The number of alkyl halides is 6. The standard InChI is InChI=1S/C26H24F6N2O.ClH/c27-25(28,29)20-13-18(14-21(15-20)26(30,31)32)17-35-23-10-6-12-34(16-22-9-4-5-11-33-22)24(23)19-7-2-1-3-8-19;/h1-5,7-9,11,13-15,23-24H,6,10,12,16-17H2;1H/t23-,24-;/m1./s1. The van der Waals surface area contributed by atoms with Gasteiger partial charge in [-0.05, 0) is 60.8 Å². The number of hydrogen-bond donors (Lipinski definition) is 0. The monoisotopic (exact) mass is 530 g/mol. The topological polar surface area (TPSA) is 25.4 Å². The quantitative estimate of drug-likeness (QED) is 0.309. The van der Waals surface area contributed by atoms with Crippen LogP contribution in [0.25, 0.3) is 0 Å². The van der Waals surface area contributed by atoms with Crippen LogP contribution >= 0.6 is 12.4 Å². The maximum atomic E-state index is 13.3. The highest BCUT2D eigenvalue weighted by atomic mass is 35.5. The molecule has 1 saturated heterocycles. The zero-order chi connectivity index (χ0) is 25.1. The third-order valence-corrected chi connectivity index (χ3v) is 6.02. The first kappa shape index (κ1) is 28.0. The number of benzene rings is 2. The van der Waals surface area contributed by atoms with Crippen molar-refractivity contribution in [2.45, 2.75) is 50.5 Å². The van der Waals surface area contributed by atoms with E-state index in [1.54, 1.807) is 6.20 Å². The number of likely N-dealkylation sites (tertiary alicyclic amines) is 1.